The predicted molar refractivity (Wildman–Crippen MR) is 172 cm³/mol. The number of amides is 3. The highest BCUT2D eigenvalue weighted by Gasteiger charge is 2.59. The van der Waals surface area contributed by atoms with Crippen molar-refractivity contribution in [1.82, 2.24) is 15.1 Å². The molecule has 1 saturated carbocycles. The monoisotopic (exact) mass is 630 g/mol. The Balaban J connectivity index is 1.57. The molecule has 2 aliphatic heterocycles. The minimum absolute atomic E-state index is 0.127. The number of carbonyl (C=O) groups is 4. The van der Waals surface area contributed by atoms with Gasteiger partial charge in [-0.05, 0) is 68.1 Å². The normalized spacial score (nSPS) is 23.5. The molecular weight excluding hydrogens is 591 g/mol. The van der Waals surface area contributed by atoms with Crippen LogP contribution >= 0.6 is 11.3 Å². The predicted octanol–water partition coefficient (Wildman–Crippen LogP) is 5.23. The van der Waals surface area contributed by atoms with Gasteiger partial charge in [-0.3, -0.25) is 19.2 Å². The molecule has 45 heavy (non-hydrogen) atoms. The molecule has 3 amide bonds. The molecule has 2 saturated heterocycles. The number of ketones is 1. The zero-order valence-electron chi connectivity index (χ0n) is 25.8. The van der Waals surface area contributed by atoms with Crippen LogP contribution in [0, 0.1) is 31.5 Å². The van der Waals surface area contributed by atoms with E-state index in [0.29, 0.717) is 43.0 Å². The van der Waals surface area contributed by atoms with Crippen LogP contribution in [0.15, 0.2) is 54.6 Å². The standard InChI is InChI=1S/C35H39FN4O4S/c1-20-19-28(21(2)45-20)33(42)30-29(23-9-13-27(14-10-23)38-22(3)41)32(35(44)39-17-15-37-16-18-39)40(34(43)25-5-4-6-25)31(30)24-7-11-26(36)12-8-24/h7-14,19,25,29-32,37H,4-6,15-18H2,1-3H3,(H,38,41). The lowest BCUT2D eigenvalue weighted by Gasteiger charge is -2.39. The number of Topliss-reactive ketones (excluding diaryl/α,β-unsaturated/α-hetero) is 1. The zero-order chi connectivity index (χ0) is 31.8. The number of likely N-dealkylation sites (tertiary alicyclic amines) is 1. The van der Waals surface area contributed by atoms with Crippen molar-refractivity contribution < 1.29 is 23.6 Å². The van der Waals surface area contributed by atoms with Gasteiger partial charge in [-0.15, -0.1) is 11.3 Å². The second-order valence-electron chi connectivity index (χ2n) is 12.4. The van der Waals surface area contributed by atoms with Gasteiger partial charge in [-0.2, -0.15) is 0 Å². The van der Waals surface area contributed by atoms with Crippen LogP contribution in [0.4, 0.5) is 10.1 Å². The molecule has 1 aliphatic carbocycles. The molecule has 0 spiro atoms. The van der Waals surface area contributed by atoms with Crippen molar-refractivity contribution in [3.8, 4) is 0 Å². The number of benzene rings is 2. The van der Waals surface area contributed by atoms with Crippen molar-refractivity contribution in [2.24, 2.45) is 11.8 Å². The smallest absolute Gasteiger partial charge is 0.246 e. The molecule has 2 aromatic carbocycles. The van der Waals surface area contributed by atoms with Crippen LogP contribution in [-0.4, -0.2) is 65.5 Å². The summed E-state index contributed by atoms with van der Waals surface area (Å²) in [5.74, 6) is -2.78. The lowest BCUT2D eigenvalue weighted by molar-refractivity contribution is -0.150. The van der Waals surface area contributed by atoms with Gasteiger partial charge in [0.15, 0.2) is 5.78 Å². The Hall–Kier alpha value is -3.89. The van der Waals surface area contributed by atoms with Gasteiger partial charge in [0.05, 0.1) is 12.0 Å². The highest BCUT2D eigenvalue weighted by atomic mass is 32.1. The molecule has 6 rings (SSSR count). The Morgan fingerprint density at radius 3 is 2.11 bits per heavy atom. The Kier molecular flexibility index (Phi) is 8.88. The number of aryl methyl sites for hydroxylation is 2. The first-order chi connectivity index (χ1) is 21.6. The van der Waals surface area contributed by atoms with Gasteiger partial charge in [0, 0.05) is 65.9 Å². The van der Waals surface area contributed by atoms with E-state index in [2.05, 4.69) is 10.6 Å². The molecule has 236 valence electrons. The second-order valence-corrected chi connectivity index (χ2v) is 13.9. The minimum Gasteiger partial charge on any atom is -0.338 e. The second kappa shape index (κ2) is 12.8. The van der Waals surface area contributed by atoms with Gasteiger partial charge >= 0.3 is 0 Å². The van der Waals surface area contributed by atoms with E-state index in [-0.39, 0.29) is 29.4 Å². The van der Waals surface area contributed by atoms with Crippen molar-refractivity contribution >= 4 is 40.5 Å². The summed E-state index contributed by atoms with van der Waals surface area (Å²) in [6.07, 6.45) is 2.40. The lowest BCUT2D eigenvalue weighted by Crippen LogP contribution is -2.56. The largest absolute Gasteiger partial charge is 0.338 e. The van der Waals surface area contributed by atoms with Crippen LogP contribution in [0.25, 0.3) is 0 Å². The molecule has 8 nitrogen and oxygen atoms in total. The Morgan fingerprint density at radius 1 is 0.911 bits per heavy atom. The van der Waals surface area contributed by atoms with Gasteiger partial charge in [-0.1, -0.05) is 30.7 Å². The van der Waals surface area contributed by atoms with Crippen molar-refractivity contribution in [3.63, 3.8) is 0 Å². The van der Waals surface area contributed by atoms with Crippen molar-refractivity contribution in [3.05, 3.63) is 86.9 Å². The molecule has 3 aromatic rings. The minimum atomic E-state index is -0.938. The topological polar surface area (TPSA) is 98.8 Å². The molecule has 10 heteroatoms. The third-order valence-electron chi connectivity index (χ3n) is 9.49. The third-order valence-corrected chi connectivity index (χ3v) is 10.5. The maximum atomic E-state index is 14.9. The van der Waals surface area contributed by atoms with Crippen molar-refractivity contribution in [2.75, 3.05) is 31.5 Å². The van der Waals surface area contributed by atoms with E-state index >= 15 is 0 Å². The number of halogens is 1. The number of anilines is 1. The van der Waals surface area contributed by atoms with E-state index in [4.69, 9.17) is 0 Å². The molecular formula is C35H39FN4O4S. The first kappa shape index (κ1) is 31.1. The van der Waals surface area contributed by atoms with Gasteiger partial charge in [-0.25, -0.2) is 4.39 Å². The van der Waals surface area contributed by atoms with Gasteiger partial charge in [0.25, 0.3) is 0 Å². The fourth-order valence-corrected chi connectivity index (χ4v) is 8.10. The maximum Gasteiger partial charge on any atom is 0.246 e. The summed E-state index contributed by atoms with van der Waals surface area (Å²) in [7, 11) is 0. The first-order valence-corrected chi connectivity index (χ1v) is 16.5. The average molecular weight is 631 g/mol. The van der Waals surface area contributed by atoms with Crippen LogP contribution in [0.3, 0.4) is 0 Å². The van der Waals surface area contributed by atoms with E-state index in [0.717, 1.165) is 34.6 Å². The first-order valence-electron chi connectivity index (χ1n) is 15.7. The van der Waals surface area contributed by atoms with Crippen LogP contribution in [0.2, 0.25) is 0 Å². The number of nitrogens with one attached hydrogen (secondary N) is 2. The summed E-state index contributed by atoms with van der Waals surface area (Å²) in [5.41, 5.74) is 2.54. The number of piperazine rings is 1. The molecule has 4 atom stereocenters. The summed E-state index contributed by atoms with van der Waals surface area (Å²) in [4.78, 5) is 61.3. The van der Waals surface area contributed by atoms with Gasteiger partial charge in [0.2, 0.25) is 17.7 Å². The highest BCUT2D eigenvalue weighted by Crippen LogP contribution is 2.53. The van der Waals surface area contributed by atoms with E-state index in [1.807, 2.05) is 32.0 Å². The summed E-state index contributed by atoms with van der Waals surface area (Å²) in [5, 5.41) is 6.08. The molecule has 3 heterocycles. The quantitative estimate of drug-likeness (QED) is 0.349. The summed E-state index contributed by atoms with van der Waals surface area (Å²) in [6, 6.07) is 13.4. The summed E-state index contributed by atoms with van der Waals surface area (Å²) < 4.78 is 14.3. The van der Waals surface area contributed by atoms with E-state index in [1.165, 1.54) is 19.1 Å². The fraction of sp³-hybridized carbons (Fsp3) is 0.429. The van der Waals surface area contributed by atoms with Crippen LogP contribution < -0.4 is 10.6 Å². The fourth-order valence-electron chi connectivity index (χ4n) is 7.17. The number of carbonyl (C=O) groups excluding carboxylic acids is 4. The number of hydrogen-bond acceptors (Lipinski definition) is 6. The molecule has 1 aromatic heterocycles. The number of thiophene rings is 1. The number of nitrogens with zero attached hydrogens (tertiary/aromatic N) is 2. The van der Waals surface area contributed by atoms with E-state index in [9.17, 15) is 23.6 Å². The lowest BCUT2D eigenvalue weighted by atomic mass is 9.75. The van der Waals surface area contributed by atoms with Crippen molar-refractivity contribution in [1.29, 1.82) is 0 Å². The number of hydrogen-bond donors (Lipinski definition) is 2. The van der Waals surface area contributed by atoms with Crippen LogP contribution in [0.5, 0.6) is 0 Å². The Labute approximate surface area is 267 Å². The zero-order valence-corrected chi connectivity index (χ0v) is 26.7. The number of rotatable bonds is 7. The van der Waals surface area contributed by atoms with E-state index in [1.54, 1.807) is 45.4 Å². The van der Waals surface area contributed by atoms with E-state index < -0.39 is 29.7 Å². The Bertz CT molecular complexity index is 1590. The van der Waals surface area contributed by atoms with Gasteiger partial charge < -0.3 is 20.4 Å². The third kappa shape index (κ3) is 6.05. The van der Waals surface area contributed by atoms with Crippen LogP contribution in [-0.2, 0) is 14.4 Å². The van der Waals surface area contributed by atoms with Crippen LogP contribution in [0.1, 0.15) is 69.4 Å². The Morgan fingerprint density at radius 2 is 1.56 bits per heavy atom. The summed E-state index contributed by atoms with van der Waals surface area (Å²) >= 11 is 1.54. The molecule has 0 bridgehead atoms. The molecule has 3 aliphatic rings. The maximum absolute atomic E-state index is 14.9. The van der Waals surface area contributed by atoms with Crippen molar-refractivity contribution in [2.45, 2.75) is 58.0 Å². The van der Waals surface area contributed by atoms with Gasteiger partial charge in [0.1, 0.15) is 11.9 Å². The molecule has 2 N–H and O–H groups in total. The average Bonchev–Trinajstić information content (AvgIpc) is 3.53. The highest BCUT2D eigenvalue weighted by molar-refractivity contribution is 7.12. The molecule has 3 fully saturated rings. The summed E-state index contributed by atoms with van der Waals surface area (Å²) in [6.45, 7) is 7.59. The SMILES string of the molecule is CC(=O)Nc1ccc(C2C(C(=O)c3cc(C)sc3C)C(c3ccc(F)cc3)N(C(=O)C3CCC3)C2C(=O)N2CCNCC2)cc1. The molecule has 4 unspecified atom stereocenters. The molecule has 0 radical (unpaired) electrons.